The summed E-state index contributed by atoms with van der Waals surface area (Å²) >= 11 is 3.44. The number of hydrogen-bond acceptors (Lipinski definition) is 2. The second kappa shape index (κ2) is 6.30. The lowest BCUT2D eigenvalue weighted by molar-refractivity contribution is 0.617. The second-order valence-electron chi connectivity index (χ2n) is 4.45. The van der Waals surface area contributed by atoms with Crippen LogP contribution in [0.2, 0.25) is 0 Å². The molecule has 0 aliphatic rings. The first-order valence-corrected chi connectivity index (χ1v) is 7.07. The van der Waals surface area contributed by atoms with Crippen molar-refractivity contribution >= 4 is 15.9 Å². The molecule has 0 unspecified atom stereocenters. The number of rotatable bonds is 5. The molecule has 0 bridgehead atoms. The van der Waals surface area contributed by atoms with Gasteiger partial charge in [0.05, 0.1) is 12.2 Å². The van der Waals surface area contributed by atoms with Gasteiger partial charge in [0.25, 0.3) is 0 Å². The van der Waals surface area contributed by atoms with Gasteiger partial charge in [-0.15, -0.1) is 0 Å². The Morgan fingerprint density at radius 3 is 2.89 bits per heavy atom. The van der Waals surface area contributed by atoms with Gasteiger partial charge in [0, 0.05) is 22.8 Å². The van der Waals surface area contributed by atoms with E-state index in [-0.39, 0.29) is 5.82 Å². The van der Waals surface area contributed by atoms with Gasteiger partial charge in [-0.2, -0.15) is 5.10 Å². The number of aromatic nitrogens is 2. The minimum absolute atomic E-state index is 0.227. The van der Waals surface area contributed by atoms with E-state index in [0.717, 1.165) is 28.8 Å². The SMILES string of the molecule is CCNCc1cn(Cc2cc(F)ccc2Br)nc1C. The quantitative estimate of drug-likeness (QED) is 0.914. The minimum atomic E-state index is -0.227. The lowest BCUT2D eigenvalue weighted by Gasteiger charge is -2.05. The Labute approximate surface area is 121 Å². The predicted molar refractivity (Wildman–Crippen MR) is 77.5 cm³/mol. The van der Waals surface area contributed by atoms with Crippen molar-refractivity contribution in [2.75, 3.05) is 6.54 Å². The highest BCUT2D eigenvalue weighted by atomic mass is 79.9. The molecule has 0 saturated heterocycles. The van der Waals surface area contributed by atoms with E-state index < -0.39 is 0 Å². The van der Waals surface area contributed by atoms with E-state index in [4.69, 9.17) is 0 Å². The first-order valence-electron chi connectivity index (χ1n) is 6.27. The van der Waals surface area contributed by atoms with Crippen molar-refractivity contribution in [1.82, 2.24) is 15.1 Å². The highest BCUT2D eigenvalue weighted by Crippen LogP contribution is 2.19. The van der Waals surface area contributed by atoms with Crippen LogP contribution >= 0.6 is 15.9 Å². The number of nitrogens with zero attached hydrogens (tertiary/aromatic N) is 2. The van der Waals surface area contributed by atoms with E-state index in [1.165, 1.54) is 17.7 Å². The molecule has 0 radical (unpaired) electrons. The van der Waals surface area contributed by atoms with Crippen LogP contribution in [-0.2, 0) is 13.1 Å². The molecule has 0 aliphatic carbocycles. The molecule has 0 amide bonds. The van der Waals surface area contributed by atoms with Crippen molar-refractivity contribution in [3.63, 3.8) is 0 Å². The van der Waals surface area contributed by atoms with Crippen LogP contribution in [0.25, 0.3) is 0 Å². The summed E-state index contributed by atoms with van der Waals surface area (Å²) in [5, 5.41) is 7.74. The van der Waals surface area contributed by atoms with Gasteiger partial charge in [0.2, 0.25) is 0 Å². The Bertz CT molecular complexity index is 566. The normalized spacial score (nSPS) is 10.9. The average molecular weight is 326 g/mol. The summed E-state index contributed by atoms with van der Waals surface area (Å²) in [6.45, 7) is 6.37. The van der Waals surface area contributed by atoms with Crippen molar-refractivity contribution < 1.29 is 4.39 Å². The summed E-state index contributed by atoms with van der Waals surface area (Å²) in [6.07, 6.45) is 2.01. The predicted octanol–water partition coefficient (Wildman–Crippen LogP) is 3.25. The summed E-state index contributed by atoms with van der Waals surface area (Å²) in [6, 6.07) is 4.70. The number of aryl methyl sites for hydroxylation is 1. The van der Waals surface area contributed by atoms with Crippen molar-refractivity contribution in [2.45, 2.75) is 26.9 Å². The van der Waals surface area contributed by atoms with Crippen molar-refractivity contribution in [1.29, 1.82) is 0 Å². The zero-order valence-corrected chi connectivity index (χ0v) is 12.7. The lowest BCUT2D eigenvalue weighted by atomic mass is 10.2. The van der Waals surface area contributed by atoms with Crippen LogP contribution in [0.4, 0.5) is 4.39 Å². The van der Waals surface area contributed by atoms with Crippen LogP contribution < -0.4 is 5.32 Å². The van der Waals surface area contributed by atoms with Gasteiger partial charge >= 0.3 is 0 Å². The van der Waals surface area contributed by atoms with E-state index in [0.29, 0.717) is 6.54 Å². The smallest absolute Gasteiger partial charge is 0.123 e. The molecular formula is C14H17BrFN3. The fourth-order valence-corrected chi connectivity index (χ4v) is 2.28. The third kappa shape index (κ3) is 3.64. The van der Waals surface area contributed by atoms with Gasteiger partial charge in [-0.05, 0) is 37.2 Å². The van der Waals surface area contributed by atoms with Crippen LogP contribution in [0.3, 0.4) is 0 Å². The molecule has 0 aliphatic heterocycles. The molecule has 0 saturated carbocycles. The molecule has 102 valence electrons. The molecule has 19 heavy (non-hydrogen) atoms. The van der Waals surface area contributed by atoms with Crippen LogP contribution in [0.5, 0.6) is 0 Å². The number of halogens is 2. The fraction of sp³-hybridized carbons (Fsp3) is 0.357. The van der Waals surface area contributed by atoms with Crippen LogP contribution in [0.1, 0.15) is 23.7 Å². The molecule has 2 aromatic rings. The molecule has 1 heterocycles. The maximum Gasteiger partial charge on any atom is 0.123 e. The molecule has 1 N–H and O–H groups in total. The van der Waals surface area contributed by atoms with Gasteiger partial charge in [0.15, 0.2) is 0 Å². The lowest BCUT2D eigenvalue weighted by Crippen LogP contribution is -2.11. The van der Waals surface area contributed by atoms with Crippen LogP contribution in [-0.4, -0.2) is 16.3 Å². The van der Waals surface area contributed by atoms with Crippen molar-refractivity contribution in [3.8, 4) is 0 Å². The Morgan fingerprint density at radius 2 is 2.16 bits per heavy atom. The van der Waals surface area contributed by atoms with Gasteiger partial charge in [0.1, 0.15) is 5.82 Å². The number of hydrogen-bond donors (Lipinski definition) is 1. The van der Waals surface area contributed by atoms with E-state index in [1.807, 2.05) is 17.8 Å². The number of benzene rings is 1. The minimum Gasteiger partial charge on any atom is -0.313 e. The average Bonchev–Trinajstić information content (AvgIpc) is 2.72. The van der Waals surface area contributed by atoms with Gasteiger partial charge in [-0.1, -0.05) is 22.9 Å². The highest BCUT2D eigenvalue weighted by molar-refractivity contribution is 9.10. The second-order valence-corrected chi connectivity index (χ2v) is 5.31. The zero-order valence-electron chi connectivity index (χ0n) is 11.1. The monoisotopic (exact) mass is 325 g/mol. The van der Waals surface area contributed by atoms with Crippen LogP contribution in [0, 0.1) is 12.7 Å². The van der Waals surface area contributed by atoms with E-state index >= 15 is 0 Å². The fourth-order valence-electron chi connectivity index (χ4n) is 1.91. The summed E-state index contributed by atoms with van der Waals surface area (Å²) < 4.78 is 16.0. The third-order valence-corrected chi connectivity index (χ3v) is 3.73. The zero-order chi connectivity index (χ0) is 13.8. The van der Waals surface area contributed by atoms with E-state index in [1.54, 1.807) is 6.07 Å². The van der Waals surface area contributed by atoms with Crippen molar-refractivity contribution in [3.05, 3.63) is 51.5 Å². The summed E-state index contributed by atoms with van der Waals surface area (Å²) in [7, 11) is 0. The molecule has 0 spiro atoms. The Kier molecular flexibility index (Phi) is 4.71. The summed E-state index contributed by atoms with van der Waals surface area (Å²) in [4.78, 5) is 0. The standard InChI is InChI=1S/C14H17BrFN3/c1-3-17-7-12-9-19(18-10(12)2)8-11-6-13(16)4-5-14(11)15/h4-6,9,17H,3,7-8H2,1-2H3. The molecular weight excluding hydrogens is 309 g/mol. The van der Waals surface area contributed by atoms with Gasteiger partial charge in [-0.3, -0.25) is 4.68 Å². The molecule has 1 aromatic heterocycles. The van der Waals surface area contributed by atoms with Gasteiger partial charge in [-0.25, -0.2) is 4.39 Å². The van der Waals surface area contributed by atoms with Crippen LogP contribution in [0.15, 0.2) is 28.9 Å². The summed E-state index contributed by atoms with van der Waals surface area (Å²) in [5.74, 6) is -0.227. The Hall–Kier alpha value is -1.20. The van der Waals surface area contributed by atoms with E-state index in [2.05, 4.69) is 33.3 Å². The maximum absolute atomic E-state index is 13.2. The molecule has 0 atom stereocenters. The molecule has 0 fully saturated rings. The molecule has 2 rings (SSSR count). The largest absolute Gasteiger partial charge is 0.313 e. The maximum atomic E-state index is 13.2. The molecule has 3 nitrogen and oxygen atoms in total. The third-order valence-electron chi connectivity index (χ3n) is 2.95. The Balaban J connectivity index is 2.17. The number of nitrogens with one attached hydrogen (secondary N) is 1. The highest BCUT2D eigenvalue weighted by Gasteiger charge is 2.07. The van der Waals surface area contributed by atoms with E-state index in [9.17, 15) is 4.39 Å². The first-order chi connectivity index (χ1) is 9.10. The molecule has 1 aromatic carbocycles. The van der Waals surface area contributed by atoms with Crippen molar-refractivity contribution in [2.24, 2.45) is 0 Å². The molecule has 5 heteroatoms. The first kappa shape index (κ1) is 14.2. The summed E-state index contributed by atoms with van der Waals surface area (Å²) in [5.41, 5.74) is 3.07. The topological polar surface area (TPSA) is 29.9 Å². The van der Waals surface area contributed by atoms with Gasteiger partial charge < -0.3 is 5.32 Å². The Morgan fingerprint density at radius 1 is 1.37 bits per heavy atom.